The molecular weight excluding hydrogens is 330 g/mol. The summed E-state index contributed by atoms with van der Waals surface area (Å²) in [6, 6.07) is 13.5. The molecule has 0 heterocycles. The Morgan fingerprint density at radius 2 is 1.58 bits per heavy atom. The Morgan fingerprint density at radius 3 is 2.12 bits per heavy atom. The van der Waals surface area contributed by atoms with E-state index in [1.165, 1.54) is 0 Å². The number of hydrogen-bond donors (Lipinski definition) is 1. The number of benzene rings is 2. The summed E-state index contributed by atoms with van der Waals surface area (Å²) in [5, 5.41) is 3.13. The first-order chi connectivity index (χ1) is 12.5. The first-order valence-corrected chi connectivity index (χ1v) is 8.64. The maximum atomic E-state index is 12.7. The summed E-state index contributed by atoms with van der Waals surface area (Å²) in [5.41, 5.74) is 1.84. The monoisotopic (exact) mass is 357 g/mol. The van der Waals surface area contributed by atoms with E-state index in [1.807, 2.05) is 36.4 Å². The van der Waals surface area contributed by atoms with Gasteiger partial charge in [-0.05, 0) is 17.5 Å². The summed E-state index contributed by atoms with van der Waals surface area (Å²) in [6.45, 7) is 4.18. The molecular formula is C21H27NO4. The van der Waals surface area contributed by atoms with Crippen molar-refractivity contribution < 1.29 is 19.0 Å². The smallest absolute Gasteiger partial charge is 0.225 e. The Morgan fingerprint density at radius 1 is 0.923 bits per heavy atom. The van der Waals surface area contributed by atoms with Gasteiger partial charge < -0.3 is 19.5 Å². The number of hydrogen-bond acceptors (Lipinski definition) is 4. The van der Waals surface area contributed by atoms with Gasteiger partial charge in [0.05, 0.1) is 33.8 Å². The van der Waals surface area contributed by atoms with Gasteiger partial charge in [0.1, 0.15) is 0 Å². The highest BCUT2D eigenvalue weighted by Gasteiger charge is 2.21. The van der Waals surface area contributed by atoms with Crippen molar-refractivity contribution in [2.45, 2.75) is 26.3 Å². The lowest BCUT2D eigenvalue weighted by atomic mass is 9.95. The minimum absolute atomic E-state index is 0.0464. The summed E-state index contributed by atoms with van der Waals surface area (Å²) in [4.78, 5) is 12.7. The molecule has 1 unspecified atom stereocenters. The number of rotatable bonds is 8. The molecule has 140 valence electrons. The number of ether oxygens (including phenoxy) is 3. The molecule has 0 bridgehead atoms. The van der Waals surface area contributed by atoms with E-state index in [4.69, 9.17) is 14.2 Å². The molecule has 1 N–H and O–H groups in total. The largest absolute Gasteiger partial charge is 0.493 e. The highest BCUT2D eigenvalue weighted by Crippen LogP contribution is 2.40. The molecule has 0 fully saturated rings. The molecule has 26 heavy (non-hydrogen) atoms. The zero-order chi connectivity index (χ0) is 19.1. The van der Waals surface area contributed by atoms with Crippen LogP contribution in [0.5, 0.6) is 17.2 Å². The van der Waals surface area contributed by atoms with Gasteiger partial charge >= 0.3 is 0 Å². The van der Waals surface area contributed by atoms with Crippen molar-refractivity contribution in [3.8, 4) is 17.2 Å². The molecule has 1 amide bonds. The van der Waals surface area contributed by atoms with Crippen molar-refractivity contribution in [3.63, 3.8) is 0 Å². The van der Waals surface area contributed by atoms with Crippen molar-refractivity contribution in [1.29, 1.82) is 0 Å². The van der Waals surface area contributed by atoms with Crippen LogP contribution in [-0.4, -0.2) is 27.2 Å². The van der Waals surface area contributed by atoms with Gasteiger partial charge in [0, 0.05) is 5.56 Å². The summed E-state index contributed by atoms with van der Waals surface area (Å²) in [6.07, 6.45) is 0.194. The molecule has 0 saturated heterocycles. The molecule has 0 aliphatic rings. The predicted octanol–water partition coefficient (Wildman–Crippen LogP) is 3.77. The van der Waals surface area contributed by atoms with Crippen molar-refractivity contribution in [1.82, 2.24) is 5.32 Å². The fourth-order valence-electron chi connectivity index (χ4n) is 3.00. The second-order valence-electron chi connectivity index (χ2n) is 6.37. The van der Waals surface area contributed by atoms with Gasteiger partial charge in [-0.25, -0.2) is 0 Å². The Kier molecular flexibility index (Phi) is 6.89. The van der Waals surface area contributed by atoms with Crippen LogP contribution in [0, 0.1) is 5.92 Å². The average molecular weight is 357 g/mol. The number of carbonyl (C=O) groups excluding carboxylic acids is 1. The van der Waals surface area contributed by atoms with Crippen molar-refractivity contribution in [3.05, 3.63) is 53.6 Å². The zero-order valence-corrected chi connectivity index (χ0v) is 16.0. The second-order valence-corrected chi connectivity index (χ2v) is 6.37. The van der Waals surface area contributed by atoms with E-state index in [0.717, 1.165) is 11.1 Å². The van der Waals surface area contributed by atoms with E-state index in [1.54, 1.807) is 27.4 Å². The van der Waals surface area contributed by atoms with Crippen molar-refractivity contribution in [2.24, 2.45) is 5.92 Å². The summed E-state index contributed by atoms with van der Waals surface area (Å²) >= 11 is 0. The Hall–Kier alpha value is -2.69. The molecule has 0 aliphatic heterocycles. The van der Waals surface area contributed by atoms with Gasteiger partial charge in [-0.15, -0.1) is 0 Å². The molecule has 5 nitrogen and oxygen atoms in total. The van der Waals surface area contributed by atoms with Crippen LogP contribution >= 0.6 is 0 Å². The lowest BCUT2D eigenvalue weighted by Gasteiger charge is -2.23. The van der Waals surface area contributed by atoms with Crippen molar-refractivity contribution >= 4 is 5.91 Å². The quantitative estimate of drug-likeness (QED) is 0.781. The van der Waals surface area contributed by atoms with E-state index < -0.39 is 0 Å². The molecule has 1 atom stereocenters. The van der Waals surface area contributed by atoms with Crippen LogP contribution in [0.3, 0.4) is 0 Å². The van der Waals surface area contributed by atoms with Crippen LogP contribution in [0.25, 0.3) is 0 Å². The van der Waals surface area contributed by atoms with E-state index in [-0.39, 0.29) is 24.3 Å². The SMILES string of the molecule is COc1ccc(CC(=O)NC(c2ccccc2)C(C)C)c(OC)c1OC. The van der Waals surface area contributed by atoms with Crippen molar-refractivity contribution in [2.75, 3.05) is 21.3 Å². The third kappa shape index (κ3) is 4.48. The van der Waals surface area contributed by atoms with Gasteiger partial charge in [-0.2, -0.15) is 0 Å². The minimum Gasteiger partial charge on any atom is -0.493 e. The van der Waals surface area contributed by atoms with E-state index in [0.29, 0.717) is 17.2 Å². The molecule has 5 heteroatoms. The minimum atomic E-state index is -0.0712. The van der Waals surface area contributed by atoms with Crippen LogP contribution < -0.4 is 19.5 Å². The molecule has 0 saturated carbocycles. The molecule has 0 radical (unpaired) electrons. The van der Waals surface area contributed by atoms with E-state index >= 15 is 0 Å². The number of carbonyl (C=O) groups is 1. The second kappa shape index (κ2) is 9.13. The first-order valence-electron chi connectivity index (χ1n) is 8.64. The zero-order valence-electron chi connectivity index (χ0n) is 16.0. The molecule has 2 aromatic carbocycles. The molecule has 0 spiro atoms. The van der Waals surface area contributed by atoms with Crippen LogP contribution in [0.2, 0.25) is 0 Å². The lowest BCUT2D eigenvalue weighted by Crippen LogP contribution is -2.32. The van der Waals surface area contributed by atoms with Crippen LogP contribution in [-0.2, 0) is 11.2 Å². The molecule has 0 aromatic heterocycles. The normalized spacial score (nSPS) is 11.8. The number of methoxy groups -OCH3 is 3. The first kappa shape index (κ1) is 19.6. The standard InChI is InChI=1S/C21H27NO4/c1-14(2)19(15-9-7-6-8-10-15)22-18(23)13-16-11-12-17(24-3)21(26-5)20(16)25-4/h6-12,14,19H,13H2,1-5H3,(H,22,23). The maximum absolute atomic E-state index is 12.7. The third-order valence-corrected chi connectivity index (χ3v) is 4.28. The molecule has 0 aliphatic carbocycles. The van der Waals surface area contributed by atoms with Gasteiger partial charge in [-0.3, -0.25) is 4.79 Å². The fraction of sp³-hybridized carbons (Fsp3) is 0.381. The number of nitrogens with one attached hydrogen (secondary N) is 1. The predicted molar refractivity (Wildman–Crippen MR) is 102 cm³/mol. The van der Waals surface area contributed by atoms with Crippen LogP contribution in [0.1, 0.15) is 31.0 Å². The Labute approximate surface area is 155 Å². The third-order valence-electron chi connectivity index (χ3n) is 4.28. The van der Waals surface area contributed by atoms with Gasteiger partial charge in [-0.1, -0.05) is 50.2 Å². The lowest BCUT2D eigenvalue weighted by molar-refractivity contribution is -0.121. The Balaban J connectivity index is 2.21. The van der Waals surface area contributed by atoms with Gasteiger partial charge in [0.15, 0.2) is 11.5 Å². The summed E-state index contributed by atoms with van der Waals surface area (Å²) in [7, 11) is 4.67. The summed E-state index contributed by atoms with van der Waals surface area (Å²) < 4.78 is 16.1. The van der Waals surface area contributed by atoms with E-state index in [9.17, 15) is 4.79 Å². The van der Waals surface area contributed by atoms with Gasteiger partial charge in [0.25, 0.3) is 0 Å². The van der Waals surface area contributed by atoms with E-state index in [2.05, 4.69) is 19.2 Å². The maximum Gasteiger partial charge on any atom is 0.225 e. The highest BCUT2D eigenvalue weighted by atomic mass is 16.5. The molecule has 2 aromatic rings. The number of amides is 1. The summed E-state index contributed by atoms with van der Waals surface area (Å²) in [5.74, 6) is 1.77. The topological polar surface area (TPSA) is 56.8 Å². The highest BCUT2D eigenvalue weighted by molar-refractivity contribution is 5.80. The fourth-order valence-corrected chi connectivity index (χ4v) is 3.00. The average Bonchev–Trinajstić information content (AvgIpc) is 2.65. The van der Waals surface area contributed by atoms with Crippen LogP contribution in [0.4, 0.5) is 0 Å². The Bertz CT molecular complexity index is 728. The van der Waals surface area contributed by atoms with Gasteiger partial charge in [0.2, 0.25) is 11.7 Å². The van der Waals surface area contributed by atoms with Crippen LogP contribution in [0.15, 0.2) is 42.5 Å². The molecule has 2 rings (SSSR count).